The Hall–Kier alpha value is -2.64. The molecular formula is C16H14N2O2. The summed E-state index contributed by atoms with van der Waals surface area (Å²) in [6, 6.07) is 10.4. The Morgan fingerprint density at radius 3 is 2.70 bits per heavy atom. The highest BCUT2D eigenvalue weighted by Gasteiger charge is 2.05. The second kappa shape index (κ2) is 6.50. The van der Waals surface area contributed by atoms with E-state index >= 15 is 0 Å². The van der Waals surface area contributed by atoms with E-state index in [1.165, 1.54) is 0 Å². The van der Waals surface area contributed by atoms with Gasteiger partial charge < -0.3 is 10.4 Å². The van der Waals surface area contributed by atoms with E-state index in [0.29, 0.717) is 11.3 Å². The molecule has 20 heavy (non-hydrogen) atoms. The van der Waals surface area contributed by atoms with Gasteiger partial charge in [0.05, 0.1) is 0 Å². The smallest absolute Gasteiger partial charge is 0.255 e. The van der Waals surface area contributed by atoms with E-state index in [0.717, 1.165) is 11.3 Å². The van der Waals surface area contributed by atoms with Crippen molar-refractivity contribution < 1.29 is 9.90 Å². The largest absolute Gasteiger partial charge is 0.384 e. The summed E-state index contributed by atoms with van der Waals surface area (Å²) in [5.74, 6) is 5.15. The number of carbonyl (C=O) groups excluding carboxylic acids is 1. The molecule has 0 spiro atoms. The van der Waals surface area contributed by atoms with Gasteiger partial charge in [-0.15, -0.1) is 0 Å². The van der Waals surface area contributed by atoms with Gasteiger partial charge in [-0.3, -0.25) is 9.78 Å². The summed E-state index contributed by atoms with van der Waals surface area (Å²) in [5, 5.41) is 11.4. The number of benzene rings is 1. The number of aliphatic hydroxyl groups excluding tert-OH is 1. The third-order valence-electron chi connectivity index (χ3n) is 2.61. The van der Waals surface area contributed by atoms with Crippen molar-refractivity contribution in [2.45, 2.75) is 6.92 Å². The summed E-state index contributed by atoms with van der Waals surface area (Å²) in [7, 11) is 0. The van der Waals surface area contributed by atoms with Crippen molar-refractivity contribution >= 4 is 11.6 Å². The topological polar surface area (TPSA) is 62.2 Å². The van der Waals surface area contributed by atoms with Crippen LogP contribution in [-0.4, -0.2) is 22.6 Å². The molecule has 4 heteroatoms. The highest BCUT2D eigenvalue weighted by Crippen LogP contribution is 2.10. The molecule has 0 bridgehead atoms. The van der Waals surface area contributed by atoms with Crippen LogP contribution < -0.4 is 5.32 Å². The molecule has 2 N–H and O–H groups in total. The number of aromatic nitrogens is 1. The van der Waals surface area contributed by atoms with Gasteiger partial charge in [0.2, 0.25) is 0 Å². The first-order valence-electron chi connectivity index (χ1n) is 6.13. The number of hydrogen-bond acceptors (Lipinski definition) is 3. The molecule has 0 fully saturated rings. The van der Waals surface area contributed by atoms with E-state index in [-0.39, 0.29) is 12.5 Å². The lowest BCUT2D eigenvalue weighted by atomic mass is 10.1. The second-order valence-corrected chi connectivity index (χ2v) is 4.18. The molecule has 0 aliphatic rings. The first-order chi connectivity index (χ1) is 9.69. The minimum absolute atomic E-state index is 0.177. The number of rotatable bonds is 2. The molecule has 0 radical (unpaired) electrons. The Bertz CT molecular complexity index is 667. The monoisotopic (exact) mass is 266 g/mol. The number of anilines is 1. The maximum absolute atomic E-state index is 12.0. The molecule has 0 aliphatic heterocycles. The summed E-state index contributed by atoms with van der Waals surface area (Å²) >= 11 is 0. The first-order valence-corrected chi connectivity index (χ1v) is 6.13. The number of amides is 1. The summed E-state index contributed by atoms with van der Waals surface area (Å²) in [5.41, 5.74) is 2.87. The average molecular weight is 266 g/mol. The lowest BCUT2D eigenvalue weighted by Gasteiger charge is -2.05. The molecule has 1 aromatic carbocycles. The third-order valence-corrected chi connectivity index (χ3v) is 2.61. The first kappa shape index (κ1) is 13.8. The van der Waals surface area contributed by atoms with Crippen molar-refractivity contribution in [2.24, 2.45) is 0 Å². The van der Waals surface area contributed by atoms with Crippen molar-refractivity contribution in [2.75, 3.05) is 11.9 Å². The van der Waals surface area contributed by atoms with Crippen molar-refractivity contribution in [3.05, 3.63) is 59.4 Å². The van der Waals surface area contributed by atoms with E-state index in [1.807, 2.05) is 6.92 Å². The lowest BCUT2D eigenvalue weighted by Crippen LogP contribution is -2.11. The van der Waals surface area contributed by atoms with Gasteiger partial charge in [0.25, 0.3) is 5.91 Å². The summed E-state index contributed by atoms with van der Waals surface area (Å²) in [4.78, 5) is 16.1. The fourth-order valence-electron chi connectivity index (χ4n) is 1.67. The fraction of sp³-hybridized carbons (Fsp3) is 0.125. The molecule has 4 nitrogen and oxygen atoms in total. The fourth-order valence-corrected chi connectivity index (χ4v) is 1.67. The highest BCUT2D eigenvalue weighted by atomic mass is 16.2. The van der Waals surface area contributed by atoms with Crippen molar-refractivity contribution in [3.63, 3.8) is 0 Å². The van der Waals surface area contributed by atoms with Gasteiger partial charge in [-0.2, -0.15) is 0 Å². The summed E-state index contributed by atoms with van der Waals surface area (Å²) < 4.78 is 0. The number of nitrogens with one attached hydrogen (secondary N) is 1. The van der Waals surface area contributed by atoms with Gasteiger partial charge in [-0.25, -0.2) is 0 Å². The third kappa shape index (κ3) is 3.67. The minimum atomic E-state index is -0.183. The molecular weight excluding hydrogens is 252 g/mol. The van der Waals surface area contributed by atoms with E-state index in [1.54, 1.807) is 42.6 Å². The SMILES string of the molecule is Cc1cc(NC(=O)c2ccc(C#CCO)cc2)ccn1. The number of nitrogens with zero attached hydrogens (tertiary/aromatic N) is 1. The number of carbonyl (C=O) groups is 1. The molecule has 1 aromatic heterocycles. The Morgan fingerprint density at radius 1 is 1.30 bits per heavy atom. The Balaban J connectivity index is 2.09. The van der Waals surface area contributed by atoms with Gasteiger partial charge in [-0.05, 0) is 43.3 Å². The number of aliphatic hydroxyl groups is 1. The molecule has 0 saturated carbocycles. The van der Waals surface area contributed by atoms with E-state index in [9.17, 15) is 4.79 Å². The van der Waals surface area contributed by atoms with Crippen LogP contribution in [0.4, 0.5) is 5.69 Å². The zero-order valence-corrected chi connectivity index (χ0v) is 11.1. The predicted molar refractivity (Wildman–Crippen MR) is 77.3 cm³/mol. The quantitative estimate of drug-likeness (QED) is 0.817. The van der Waals surface area contributed by atoms with E-state index in [4.69, 9.17) is 5.11 Å². The van der Waals surface area contributed by atoms with Gasteiger partial charge in [0.15, 0.2) is 0 Å². The Morgan fingerprint density at radius 2 is 2.05 bits per heavy atom. The van der Waals surface area contributed by atoms with Gasteiger partial charge in [-0.1, -0.05) is 11.8 Å². The van der Waals surface area contributed by atoms with Crippen LogP contribution in [-0.2, 0) is 0 Å². The molecule has 0 unspecified atom stereocenters. The highest BCUT2D eigenvalue weighted by molar-refractivity contribution is 6.04. The molecule has 1 heterocycles. The van der Waals surface area contributed by atoms with Crippen LogP contribution in [0.5, 0.6) is 0 Å². The van der Waals surface area contributed by atoms with Crippen LogP contribution in [0.25, 0.3) is 0 Å². The molecule has 2 aromatic rings. The van der Waals surface area contributed by atoms with Crippen molar-refractivity contribution in [1.82, 2.24) is 4.98 Å². The Labute approximate surface area is 117 Å². The van der Waals surface area contributed by atoms with E-state index < -0.39 is 0 Å². The summed E-state index contributed by atoms with van der Waals surface area (Å²) in [6.45, 7) is 1.69. The number of aryl methyl sites for hydroxylation is 1. The van der Waals surface area contributed by atoms with Gasteiger partial charge in [0.1, 0.15) is 6.61 Å². The van der Waals surface area contributed by atoms with Crippen LogP contribution in [0, 0.1) is 18.8 Å². The maximum Gasteiger partial charge on any atom is 0.255 e. The van der Waals surface area contributed by atoms with Gasteiger partial charge >= 0.3 is 0 Å². The van der Waals surface area contributed by atoms with Gasteiger partial charge in [0, 0.05) is 28.7 Å². The van der Waals surface area contributed by atoms with Crippen LogP contribution in [0.3, 0.4) is 0 Å². The average Bonchev–Trinajstić information content (AvgIpc) is 2.45. The molecule has 1 amide bonds. The van der Waals surface area contributed by atoms with Crippen LogP contribution in [0.15, 0.2) is 42.6 Å². The zero-order valence-electron chi connectivity index (χ0n) is 11.1. The number of pyridine rings is 1. The molecule has 0 aliphatic carbocycles. The Kier molecular flexibility index (Phi) is 4.48. The molecule has 0 atom stereocenters. The van der Waals surface area contributed by atoms with Crippen molar-refractivity contribution in [1.29, 1.82) is 0 Å². The predicted octanol–water partition coefficient (Wildman–Crippen LogP) is 1.99. The second-order valence-electron chi connectivity index (χ2n) is 4.18. The lowest BCUT2D eigenvalue weighted by molar-refractivity contribution is 0.102. The minimum Gasteiger partial charge on any atom is -0.384 e. The van der Waals surface area contributed by atoms with Crippen LogP contribution in [0.2, 0.25) is 0 Å². The zero-order chi connectivity index (χ0) is 14.4. The molecule has 100 valence electrons. The van der Waals surface area contributed by atoms with Crippen LogP contribution in [0.1, 0.15) is 21.6 Å². The number of hydrogen-bond donors (Lipinski definition) is 2. The van der Waals surface area contributed by atoms with E-state index in [2.05, 4.69) is 22.1 Å². The maximum atomic E-state index is 12.0. The molecule has 2 rings (SSSR count). The normalized spacial score (nSPS) is 9.50. The standard InChI is InChI=1S/C16H14N2O2/c1-12-11-15(8-9-17-12)18-16(20)14-6-4-13(5-7-14)3-2-10-19/h4-9,11,19H,10H2,1H3,(H,17,18,20). The molecule has 0 saturated heterocycles. The van der Waals surface area contributed by atoms with Crippen LogP contribution >= 0.6 is 0 Å². The summed E-state index contributed by atoms with van der Waals surface area (Å²) in [6.07, 6.45) is 1.65. The van der Waals surface area contributed by atoms with Crippen molar-refractivity contribution in [3.8, 4) is 11.8 Å².